The Kier molecular flexibility index (Phi) is 14.0. The molecule has 1 aliphatic rings. The molecule has 0 heterocycles. The van der Waals surface area contributed by atoms with Gasteiger partial charge in [-0.2, -0.15) is 0 Å². The zero-order valence-electron chi connectivity index (χ0n) is 19.4. The highest BCUT2D eigenvalue weighted by Gasteiger charge is 2.45. The summed E-state index contributed by atoms with van der Waals surface area (Å²) in [5.74, 6) is 0. The Balaban J connectivity index is 0. The number of benzene rings is 2. The molecule has 1 unspecified atom stereocenters. The second kappa shape index (κ2) is 13.6. The smallest absolute Gasteiger partial charge is 0.0185 e. The van der Waals surface area contributed by atoms with Crippen LogP contribution < -0.4 is 0 Å². The Hall–Kier alpha value is -1.56. The van der Waals surface area contributed by atoms with Crippen LogP contribution in [0.5, 0.6) is 0 Å². The van der Waals surface area contributed by atoms with Crippen LogP contribution in [0.25, 0.3) is 0 Å². The molecule has 0 saturated carbocycles. The molecule has 1 aliphatic carbocycles. The van der Waals surface area contributed by atoms with Gasteiger partial charge < -0.3 is 0 Å². The van der Waals surface area contributed by atoms with E-state index >= 15 is 0 Å². The largest absolute Gasteiger partial charge is 0.0683 e. The van der Waals surface area contributed by atoms with Crippen molar-refractivity contribution in [3.05, 3.63) is 71.3 Å². The number of hydrogen-bond acceptors (Lipinski definition) is 0. The van der Waals surface area contributed by atoms with Crippen molar-refractivity contribution in [2.45, 2.75) is 93.4 Å². The van der Waals surface area contributed by atoms with Crippen LogP contribution in [0.1, 0.15) is 99.3 Å². The maximum atomic E-state index is 2.38. The lowest BCUT2D eigenvalue weighted by Crippen LogP contribution is -2.23. The normalized spacial score (nSPS) is 18.1. The summed E-state index contributed by atoms with van der Waals surface area (Å²) in [7, 11) is 0. The van der Waals surface area contributed by atoms with E-state index in [2.05, 4.69) is 75.4 Å². The van der Waals surface area contributed by atoms with Gasteiger partial charge in [0.2, 0.25) is 0 Å². The quantitative estimate of drug-likeness (QED) is 0.479. The Labute approximate surface area is 165 Å². The van der Waals surface area contributed by atoms with Gasteiger partial charge in [-0.15, -0.1) is 0 Å². The van der Waals surface area contributed by atoms with E-state index in [1.165, 1.54) is 23.1 Å². The molecule has 0 N–H and O–H groups in total. The number of hydrogen-bond donors (Lipinski definition) is 0. The van der Waals surface area contributed by atoms with E-state index in [4.69, 9.17) is 0 Å². The van der Waals surface area contributed by atoms with Gasteiger partial charge in [-0.1, -0.05) is 131 Å². The molecule has 0 saturated heterocycles. The van der Waals surface area contributed by atoms with E-state index in [9.17, 15) is 0 Å². The molecule has 26 heavy (non-hydrogen) atoms. The highest BCUT2D eigenvalue weighted by Crippen LogP contribution is 2.52. The molecule has 3 rings (SSSR count). The lowest BCUT2D eigenvalue weighted by atomic mass is 9.75. The SMILES string of the molecule is CC.CC.CC.CC.CC1(C)CC(C)(c2ccccc2)c2ccccc21. The van der Waals surface area contributed by atoms with Crippen LogP contribution in [-0.2, 0) is 10.8 Å². The summed E-state index contributed by atoms with van der Waals surface area (Å²) in [6, 6.07) is 19.8. The second-order valence-corrected chi connectivity index (χ2v) is 6.30. The van der Waals surface area contributed by atoms with Gasteiger partial charge in [0.25, 0.3) is 0 Å². The molecule has 148 valence electrons. The van der Waals surface area contributed by atoms with Crippen LogP contribution in [0.15, 0.2) is 54.6 Å². The summed E-state index contributed by atoms with van der Waals surface area (Å²) in [5.41, 5.74) is 4.86. The van der Waals surface area contributed by atoms with Crippen molar-refractivity contribution < 1.29 is 0 Å². The fourth-order valence-electron chi connectivity index (χ4n) is 3.69. The summed E-state index contributed by atoms with van der Waals surface area (Å²) in [6.45, 7) is 23.1. The summed E-state index contributed by atoms with van der Waals surface area (Å²) in [5, 5.41) is 0. The molecule has 0 aromatic heterocycles. The minimum Gasteiger partial charge on any atom is -0.0683 e. The van der Waals surface area contributed by atoms with Gasteiger partial charge in [0.05, 0.1) is 0 Å². The van der Waals surface area contributed by atoms with Crippen LogP contribution in [-0.4, -0.2) is 0 Å². The molecule has 0 aliphatic heterocycles. The van der Waals surface area contributed by atoms with Gasteiger partial charge in [-0.3, -0.25) is 0 Å². The first kappa shape index (κ1) is 26.7. The van der Waals surface area contributed by atoms with E-state index in [1.807, 2.05) is 55.4 Å². The first-order valence-electron chi connectivity index (χ1n) is 10.7. The molecule has 2 aromatic rings. The van der Waals surface area contributed by atoms with Gasteiger partial charge in [0, 0.05) is 5.41 Å². The molecule has 0 fully saturated rings. The molecular weight excluding hydrogens is 312 g/mol. The van der Waals surface area contributed by atoms with E-state index in [0.29, 0.717) is 0 Å². The Morgan fingerprint density at radius 1 is 0.538 bits per heavy atom. The minimum atomic E-state index is 0.154. The monoisotopic (exact) mass is 356 g/mol. The summed E-state index contributed by atoms with van der Waals surface area (Å²) in [6.07, 6.45) is 1.18. The van der Waals surface area contributed by atoms with Crippen molar-refractivity contribution in [2.24, 2.45) is 0 Å². The van der Waals surface area contributed by atoms with Gasteiger partial charge in [-0.05, 0) is 28.5 Å². The fraction of sp³-hybridized carbons (Fsp3) is 0.538. The van der Waals surface area contributed by atoms with Gasteiger partial charge >= 0.3 is 0 Å². The van der Waals surface area contributed by atoms with Crippen molar-refractivity contribution in [1.82, 2.24) is 0 Å². The van der Waals surface area contributed by atoms with Gasteiger partial charge in [-0.25, -0.2) is 0 Å². The average molecular weight is 357 g/mol. The van der Waals surface area contributed by atoms with Crippen LogP contribution >= 0.6 is 0 Å². The maximum Gasteiger partial charge on any atom is 0.0185 e. The molecule has 0 amide bonds. The third-order valence-electron chi connectivity index (χ3n) is 4.46. The predicted octanol–water partition coefficient (Wildman–Crippen LogP) is 8.78. The lowest BCUT2D eigenvalue weighted by Gasteiger charge is -2.28. The predicted molar refractivity (Wildman–Crippen MR) is 122 cm³/mol. The highest BCUT2D eigenvalue weighted by atomic mass is 14.5. The zero-order valence-corrected chi connectivity index (χ0v) is 19.4. The van der Waals surface area contributed by atoms with Crippen LogP contribution in [0.2, 0.25) is 0 Å². The van der Waals surface area contributed by atoms with Crippen molar-refractivity contribution in [3.8, 4) is 0 Å². The first-order chi connectivity index (χ1) is 12.5. The molecule has 0 heteroatoms. The molecule has 0 radical (unpaired) electrons. The zero-order chi connectivity index (χ0) is 20.8. The summed E-state index contributed by atoms with van der Waals surface area (Å²) < 4.78 is 0. The molecular formula is C26H44. The Morgan fingerprint density at radius 3 is 1.38 bits per heavy atom. The van der Waals surface area contributed by atoms with Crippen LogP contribution in [0.3, 0.4) is 0 Å². The van der Waals surface area contributed by atoms with Crippen molar-refractivity contribution in [2.75, 3.05) is 0 Å². The van der Waals surface area contributed by atoms with Gasteiger partial charge in [0.1, 0.15) is 0 Å². The number of rotatable bonds is 1. The maximum absolute atomic E-state index is 2.38. The number of fused-ring (bicyclic) bond motifs is 1. The van der Waals surface area contributed by atoms with Crippen molar-refractivity contribution >= 4 is 0 Å². The summed E-state index contributed by atoms with van der Waals surface area (Å²) in [4.78, 5) is 0. The summed E-state index contributed by atoms with van der Waals surface area (Å²) >= 11 is 0. The third-order valence-corrected chi connectivity index (χ3v) is 4.46. The van der Waals surface area contributed by atoms with Crippen molar-refractivity contribution in [1.29, 1.82) is 0 Å². The van der Waals surface area contributed by atoms with E-state index in [1.54, 1.807) is 0 Å². The van der Waals surface area contributed by atoms with Crippen LogP contribution in [0.4, 0.5) is 0 Å². The molecule has 0 nitrogen and oxygen atoms in total. The average Bonchev–Trinajstić information content (AvgIpc) is 2.96. The van der Waals surface area contributed by atoms with Gasteiger partial charge in [0.15, 0.2) is 0 Å². The Bertz CT molecular complexity index is 566. The van der Waals surface area contributed by atoms with E-state index in [0.717, 1.165) is 0 Å². The molecule has 0 spiro atoms. The van der Waals surface area contributed by atoms with E-state index < -0.39 is 0 Å². The second-order valence-electron chi connectivity index (χ2n) is 6.30. The standard InChI is InChI=1S/C18H20.4C2H6/c1-17(2)13-18(3,14-9-5-4-6-10-14)16-12-8-7-11-15(16)17;4*1-2/h4-12H,13H2,1-3H3;4*1-2H3. The molecule has 2 aromatic carbocycles. The minimum absolute atomic E-state index is 0.154. The first-order valence-corrected chi connectivity index (χ1v) is 10.7. The van der Waals surface area contributed by atoms with E-state index in [-0.39, 0.29) is 10.8 Å². The molecule has 1 atom stereocenters. The topological polar surface area (TPSA) is 0 Å². The van der Waals surface area contributed by atoms with Crippen molar-refractivity contribution in [3.63, 3.8) is 0 Å². The lowest BCUT2D eigenvalue weighted by molar-refractivity contribution is 0.425. The highest BCUT2D eigenvalue weighted by molar-refractivity contribution is 5.51. The van der Waals surface area contributed by atoms with Crippen LogP contribution in [0, 0.1) is 0 Å². The molecule has 0 bridgehead atoms. The fourth-order valence-corrected chi connectivity index (χ4v) is 3.69. The third kappa shape index (κ3) is 6.01. The Morgan fingerprint density at radius 2 is 0.923 bits per heavy atom.